The van der Waals surface area contributed by atoms with Crippen LogP contribution >= 0.6 is 159 Å². The fourth-order valence-corrected chi connectivity index (χ4v) is 8.27. The van der Waals surface area contributed by atoms with Crippen LogP contribution in [0.2, 0.25) is 0 Å². The average Bonchev–Trinajstić information content (AvgIpc) is 2.81. The Balaban J connectivity index is 2.55. The molecule has 0 saturated carbocycles. The second-order valence-corrected chi connectivity index (χ2v) is 16.9. The summed E-state index contributed by atoms with van der Waals surface area (Å²) in [5.74, 6) is 1.03. The minimum absolute atomic E-state index is 0.0244. The lowest BCUT2D eigenvalue weighted by Gasteiger charge is -2.30. The molecule has 0 aliphatic carbocycles. The van der Waals surface area contributed by atoms with E-state index in [-0.39, 0.29) is 9.65 Å². The van der Waals surface area contributed by atoms with Crippen LogP contribution in [0.1, 0.15) is 0 Å². The second-order valence-electron chi connectivity index (χ2n) is 6.18. The van der Waals surface area contributed by atoms with Gasteiger partial charge in [-0.3, -0.25) is 0 Å². The molecule has 0 heterocycles. The molecule has 184 valence electrons. The molecule has 2 aromatic rings. The molecule has 0 aromatic heterocycles. The van der Waals surface area contributed by atoms with E-state index in [1.807, 2.05) is 24.3 Å². The van der Waals surface area contributed by atoms with Crippen molar-refractivity contribution in [1.29, 1.82) is 0 Å². The highest BCUT2D eigenvalue weighted by Gasteiger charge is 2.53. The van der Waals surface area contributed by atoms with Gasteiger partial charge >= 0.3 is 9.05 Å². The van der Waals surface area contributed by atoms with Crippen molar-refractivity contribution in [1.82, 2.24) is 0 Å². The van der Waals surface area contributed by atoms with Gasteiger partial charge in [0.15, 0.2) is 0 Å². The molecule has 4 nitrogen and oxygen atoms in total. The quantitative estimate of drug-likeness (QED) is 0.121. The third-order valence-electron chi connectivity index (χ3n) is 3.69. The van der Waals surface area contributed by atoms with Gasteiger partial charge in [0.25, 0.3) is 0 Å². The molecule has 2 aromatic carbocycles. The lowest BCUT2D eigenvalue weighted by Crippen LogP contribution is -2.56. The maximum Gasteiger partial charge on any atom is 0.821 e. The molecule has 0 fully saturated rings. The van der Waals surface area contributed by atoms with Gasteiger partial charge in [0, 0.05) is 38.2 Å². The third-order valence-corrected chi connectivity index (χ3v) is 16.8. The zero-order chi connectivity index (χ0) is 24.8. The summed E-state index contributed by atoms with van der Waals surface area (Å²) in [6.45, 7) is 0.590. The molecule has 33 heavy (non-hydrogen) atoms. The number of halogens is 10. The minimum atomic E-state index is -3.81. The summed E-state index contributed by atoms with van der Waals surface area (Å²) in [6.07, 6.45) is 0. The van der Waals surface area contributed by atoms with Crippen LogP contribution in [0.3, 0.4) is 0 Å². The highest BCUT2D eigenvalue weighted by Crippen LogP contribution is 2.42. The summed E-state index contributed by atoms with van der Waals surface area (Å²) in [5.41, 5.74) is 0. The van der Waals surface area contributed by atoms with Crippen LogP contribution in [-0.2, 0) is 8.85 Å². The van der Waals surface area contributed by atoms with Crippen molar-refractivity contribution in [2.75, 3.05) is 23.9 Å². The Labute approximate surface area is 278 Å². The van der Waals surface area contributed by atoms with Crippen LogP contribution in [0.15, 0.2) is 51.1 Å². The van der Waals surface area contributed by atoms with Crippen LogP contribution in [0.5, 0.6) is 11.5 Å². The Bertz CT molecular complexity index is 875. The molecular formula is C18H14Br10O4Si. The molecule has 2 unspecified atom stereocenters. The Morgan fingerprint density at radius 3 is 1.30 bits per heavy atom. The van der Waals surface area contributed by atoms with E-state index in [4.69, 9.17) is 17.7 Å². The van der Waals surface area contributed by atoms with Crippen molar-refractivity contribution in [2.24, 2.45) is 0 Å². The first-order valence-electron chi connectivity index (χ1n) is 8.86. The first-order valence-corrected chi connectivity index (χ1v) is 19.3. The molecule has 15 heteroatoms. The minimum Gasteiger partial charge on any atom is -0.470 e. The molecular weight excluding hydrogens is 1110 g/mol. The molecule has 0 saturated heterocycles. The first-order chi connectivity index (χ1) is 15.5. The molecule has 0 amide bonds. The topological polar surface area (TPSA) is 36.9 Å². The highest BCUT2D eigenvalue weighted by atomic mass is 79.9. The first kappa shape index (κ1) is 32.2. The standard InChI is InChI=1S/C18H14Br10O4Si/c19-5-9(21)7-29-33(30-8-10(22)6-20,31-13-3-1-11(23)15(25)17(13)27)32-14-4-2-12(24)16(26)18(14)28/h1-4,9-10H,5-8H2. The normalized spacial score (nSPS) is 13.6. The Morgan fingerprint density at radius 1 is 0.606 bits per heavy atom. The molecule has 0 radical (unpaired) electrons. The van der Waals surface area contributed by atoms with Crippen LogP contribution < -0.4 is 8.85 Å². The summed E-state index contributed by atoms with van der Waals surface area (Å²) >= 11 is 35.4. The van der Waals surface area contributed by atoms with Gasteiger partial charge in [-0.25, -0.2) is 0 Å². The van der Waals surface area contributed by atoms with E-state index in [1.165, 1.54) is 0 Å². The summed E-state index contributed by atoms with van der Waals surface area (Å²) in [4.78, 5) is 0.0487. The van der Waals surface area contributed by atoms with Gasteiger partial charge in [0.1, 0.15) is 11.5 Å². The predicted octanol–water partition coefficient (Wildman–Crippen LogP) is 10.5. The second kappa shape index (κ2) is 15.5. The molecule has 2 atom stereocenters. The maximum atomic E-state index is 6.44. The van der Waals surface area contributed by atoms with Gasteiger partial charge < -0.3 is 17.7 Å². The smallest absolute Gasteiger partial charge is 0.470 e. The lowest BCUT2D eigenvalue weighted by atomic mass is 10.3. The Kier molecular flexibility index (Phi) is 15.2. The van der Waals surface area contributed by atoms with Gasteiger partial charge in [-0.05, 0) is 120 Å². The monoisotopic (exact) mass is 1110 g/mol. The number of benzene rings is 2. The average molecular weight is 1120 g/mol. The van der Waals surface area contributed by atoms with Gasteiger partial charge in [0.05, 0.1) is 22.2 Å². The summed E-state index contributed by atoms with van der Waals surface area (Å²) in [5, 5.41) is 1.36. The van der Waals surface area contributed by atoms with Crippen molar-refractivity contribution >= 4 is 168 Å². The van der Waals surface area contributed by atoms with Crippen LogP contribution in [0.25, 0.3) is 0 Å². The zero-order valence-electron chi connectivity index (χ0n) is 16.2. The third kappa shape index (κ3) is 9.59. The van der Waals surface area contributed by atoms with Crippen LogP contribution in [0.4, 0.5) is 0 Å². The molecule has 0 bridgehead atoms. The van der Waals surface area contributed by atoms with E-state index in [0.29, 0.717) is 44.3 Å². The van der Waals surface area contributed by atoms with Crippen molar-refractivity contribution in [3.05, 3.63) is 51.1 Å². The Hall–Kier alpha value is 2.98. The van der Waals surface area contributed by atoms with E-state index >= 15 is 0 Å². The van der Waals surface area contributed by atoms with Crippen molar-refractivity contribution in [2.45, 2.75) is 9.65 Å². The predicted molar refractivity (Wildman–Crippen MR) is 171 cm³/mol. The number of hydrogen-bond acceptors (Lipinski definition) is 4. The lowest BCUT2D eigenvalue weighted by molar-refractivity contribution is 0.0437. The van der Waals surface area contributed by atoms with Gasteiger partial charge in [-0.2, -0.15) is 0 Å². The van der Waals surface area contributed by atoms with Crippen LogP contribution in [-0.4, -0.2) is 42.6 Å². The fourth-order valence-electron chi connectivity index (χ4n) is 2.10. The number of rotatable bonds is 12. The van der Waals surface area contributed by atoms with E-state index in [0.717, 1.165) is 17.9 Å². The van der Waals surface area contributed by atoms with Gasteiger partial charge in [-0.1, -0.05) is 63.7 Å². The molecule has 0 aliphatic rings. The summed E-state index contributed by atoms with van der Waals surface area (Å²) in [6, 6.07) is 7.37. The number of hydrogen-bond donors (Lipinski definition) is 0. The van der Waals surface area contributed by atoms with Crippen molar-refractivity contribution < 1.29 is 17.7 Å². The SMILES string of the molecule is BrCC(Br)CO[Si](OCC(Br)CBr)(Oc1ccc(Br)c(Br)c1Br)Oc1ccc(Br)c(Br)c1Br. The Morgan fingerprint density at radius 2 is 0.970 bits per heavy atom. The van der Waals surface area contributed by atoms with Crippen molar-refractivity contribution in [3.63, 3.8) is 0 Å². The van der Waals surface area contributed by atoms with E-state index in [2.05, 4.69) is 159 Å². The van der Waals surface area contributed by atoms with Crippen LogP contribution in [0, 0.1) is 0 Å². The van der Waals surface area contributed by atoms with Gasteiger partial charge in [-0.15, -0.1) is 0 Å². The van der Waals surface area contributed by atoms with E-state index in [9.17, 15) is 0 Å². The zero-order valence-corrected chi connectivity index (χ0v) is 33.1. The largest absolute Gasteiger partial charge is 0.821 e. The molecule has 0 spiro atoms. The molecule has 0 N–H and O–H groups in total. The van der Waals surface area contributed by atoms with Crippen molar-refractivity contribution in [3.8, 4) is 11.5 Å². The highest BCUT2D eigenvalue weighted by molar-refractivity contribution is 9.15. The van der Waals surface area contributed by atoms with E-state index < -0.39 is 9.05 Å². The molecule has 2 rings (SSSR count). The maximum absolute atomic E-state index is 6.44. The summed E-state index contributed by atoms with van der Waals surface area (Å²) in [7, 11) is -3.81. The molecule has 0 aliphatic heterocycles. The number of alkyl halides is 4. The fraction of sp³-hybridized carbons (Fsp3) is 0.333. The van der Waals surface area contributed by atoms with E-state index in [1.54, 1.807) is 0 Å². The summed E-state index contributed by atoms with van der Waals surface area (Å²) < 4.78 is 30.2. The van der Waals surface area contributed by atoms with Gasteiger partial charge in [0.2, 0.25) is 0 Å².